The fourth-order valence-corrected chi connectivity index (χ4v) is 7.35. The minimum atomic E-state index is -0.0689. The molecule has 3 atom stereocenters. The van der Waals surface area contributed by atoms with Crippen molar-refractivity contribution in [3.05, 3.63) is 144 Å². The number of hydrogen-bond donors (Lipinski definition) is 0. The number of hydrogen-bond acceptors (Lipinski definition) is 5. The van der Waals surface area contributed by atoms with Crippen LogP contribution in [0.3, 0.4) is 0 Å². The van der Waals surface area contributed by atoms with E-state index < -0.39 is 0 Å². The number of nitriles is 1. The topological polar surface area (TPSA) is 65.1 Å². The van der Waals surface area contributed by atoms with Gasteiger partial charge in [-0.2, -0.15) is 5.26 Å². The summed E-state index contributed by atoms with van der Waals surface area (Å²) in [7, 11) is 0. The average molecular weight is 677 g/mol. The number of ether oxygens (including phenoxy) is 4. The van der Waals surface area contributed by atoms with Crippen molar-refractivity contribution in [2.45, 2.75) is 57.5 Å². The van der Waals surface area contributed by atoms with E-state index in [0.29, 0.717) is 35.3 Å². The van der Waals surface area contributed by atoms with Crippen LogP contribution in [0.15, 0.2) is 116 Å². The molecule has 3 unspecified atom stereocenters. The number of rotatable bonds is 14. The third-order valence-corrected chi connectivity index (χ3v) is 10.4. The van der Waals surface area contributed by atoms with Crippen LogP contribution in [-0.4, -0.2) is 19.7 Å². The largest absolute Gasteiger partial charge is 0.468 e. The molecule has 0 aromatic heterocycles. The van der Waals surface area contributed by atoms with Gasteiger partial charge in [-0.3, -0.25) is 0 Å². The fourth-order valence-electron chi connectivity index (χ4n) is 7.35. The highest BCUT2D eigenvalue weighted by Gasteiger charge is 2.39. The van der Waals surface area contributed by atoms with Crippen molar-refractivity contribution in [1.82, 2.24) is 0 Å². The van der Waals surface area contributed by atoms with Crippen LogP contribution >= 0.6 is 0 Å². The Morgan fingerprint density at radius 3 is 2.20 bits per heavy atom. The highest BCUT2D eigenvalue weighted by atomic mass is 16.7. The van der Waals surface area contributed by atoms with Gasteiger partial charge in [0.25, 0.3) is 0 Å². The van der Waals surface area contributed by atoms with Gasteiger partial charge in [0.05, 0.1) is 24.3 Å². The van der Waals surface area contributed by atoms with Crippen molar-refractivity contribution in [2.75, 3.05) is 13.6 Å². The molecule has 0 aliphatic heterocycles. The van der Waals surface area contributed by atoms with Crippen molar-refractivity contribution >= 4 is 27.2 Å². The summed E-state index contributed by atoms with van der Waals surface area (Å²) in [4.78, 5) is 3.51. The predicted octanol–water partition coefficient (Wildman–Crippen LogP) is 11.3. The first kappa shape index (κ1) is 35.3. The van der Waals surface area contributed by atoms with Gasteiger partial charge in [-0.15, -0.1) is 13.2 Å². The predicted molar refractivity (Wildman–Crippen MR) is 204 cm³/mol. The Labute approximate surface area is 301 Å². The van der Waals surface area contributed by atoms with E-state index in [-0.39, 0.29) is 25.1 Å². The molecule has 0 spiro atoms. The molecule has 258 valence electrons. The lowest BCUT2D eigenvalue weighted by Crippen LogP contribution is -2.39. The van der Waals surface area contributed by atoms with E-state index >= 15 is 0 Å². The lowest BCUT2D eigenvalue weighted by atomic mass is 9.64. The molecule has 6 rings (SSSR count). The minimum absolute atomic E-state index is 0.0689. The van der Waals surface area contributed by atoms with Crippen LogP contribution in [0.25, 0.3) is 26.4 Å². The summed E-state index contributed by atoms with van der Waals surface area (Å²) in [5.41, 5.74) is 3.56. The van der Waals surface area contributed by atoms with Crippen molar-refractivity contribution in [3.8, 4) is 23.3 Å². The van der Waals surface area contributed by atoms with E-state index in [1.807, 2.05) is 84.9 Å². The molecule has 0 amide bonds. The molecule has 1 aliphatic carbocycles. The second-order valence-corrected chi connectivity index (χ2v) is 13.8. The molecule has 1 saturated carbocycles. The van der Waals surface area contributed by atoms with Crippen LogP contribution < -0.4 is 14.2 Å². The van der Waals surface area contributed by atoms with Gasteiger partial charge in [0, 0.05) is 0 Å². The summed E-state index contributed by atoms with van der Waals surface area (Å²) >= 11 is 0. The van der Waals surface area contributed by atoms with Crippen molar-refractivity contribution in [3.63, 3.8) is 0 Å². The Morgan fingerprint density at radius 2 is 1.49 bits per heavy atom. The zero-order valence-electron chi connectivity index (χ0n) is 29.4. The number of benzene rings is 5. The van der Waals surface area contributed by atoms with Crippen molar-refractivity contribution in [2.24, 2.45) is 11.8 Å². The van der Waals surface area contributed by atoms with Gasteiger partial charge >= 0.3 is 0 Å². The van der Waals surface area contributed by atoms with Gasteiger partial charge < -0.3 is 18.9 Å². The average Bonchev–Trinajstić information content (AvgIpc) is 3.15. The lowest BCUT2D eigenvalue weighted by Gasteiger charge is -2.43. The zero-order valence-corrected chi connectivity index (χ0v) is 29.4. The summed E-state index contributed by atoms with van der Waals surface area (Å²) in [6, 6.07) is 31.7. The quantitative estimate of drug-likeness (QED) is 0.0665. The van der Waals surface area contributed by atoms with E-state index in [0.717, 1.165) is 64.3 Å². The van der Waals surface area contributed by atoms with E-state index in [9.17, 15) is 5.26 Å². The van der Waals surface area contributed by atoms with Crippen LogP contribution in [0, 0.1) is 29.7 Å². The molecule has 0 N–H and O–H groups in total. The molecule has 0 saturated heterocycles. The fraction of sp³-hybridized carbons (Fsp3) is 0.289. The normalized spacial score (nSPS) is 17.3. The Kier molecular flexibility index (Phi) is 11.1. The summed E-state index contributed by atoms with van der Waals surface area (Å²) in [6.45, 7) is 20.3. The van der Waals surface area contributed by atoms with Crippen molar-refractivity contribution < 1.29 is 18.9 Å². The molecule has 0 heterocycles. The van der Waals surface area contributed by atoms with Gasteiger partial charge in [0.15, 0.2) is 12.5 Å². The Morgan fingerprint density at radius 1 is 0.804 bits per heavy atom. The van der Waals surface area contributed by atoms with Gasteiger partial charge in [-0.25, -0.2) is 4.85 Å². The second kappa shape index (κ2) is 16.0. The first-order valence-electron chi connectivity index (χ1n) is 17.5. The maximum Gasteiger partial charge on any atom is 0.230 e. The minimum Gasteiger partial charge on any atom is -0.468 e. The van der Waals surface area contributed by atoms with Crippen LogP contribution in [-0.2, 0) is 16.6 Å². The highest BCUT2D eigenvalue weighted by molar-refractivity contribution is 5.87. The van der Waals surface area contributed by atoms with Crippen LogP contribution in [0.2, 0.25) is 0 Å². The van der Waals surface area contributed by atoms with Crippen LogP contribution in [0.4, 0.5) is 5.69 Å². The number of allylic oxidation sites excluding steroid dienone is 2. The van der Waals surface area contributed by atoms with Gasteiger partial charge in [-0.05, 0) is 131 Å². The van der Waals surface area contributed by atoms with Gasteiger partial charge in [-0.1, -0.05) is 68.5 Å². The SMILES string of the molecule is [C-]#[N+]c1ccc2cc(OCOc3ccc(C(C)(C)C4CCC(OCOc5ccc6cc(C#N)ccc6c5)C(CC=C)C4)cc3CC=C)ccc2c1. The molecule has 0 bridgehead atoms. The van der Waals surface area contributed by atoms with E-state index in [2.05, 4.69) is 56.1 Å². The molecule has 5 aromatic rings. The molecule has 6 heteroatoms. The second-order valence-electron chi connectivity index (χ2n) is 13.8. The molecular formula is C45H44N2O4. The lowest BCUT2D eigenvalue weighted by molar-refractivity contribution is -0.0852. The molecule has 51 heavy (non-hydrogen) atoms. The van der Waals surface area contributed by atoms with Crippen LogP contribution in [0.1, 0.15) is 56.2 Å². The number of fused-ring (bicyclic) bond motifs is 2. The molecular weight excluding hydrogens is 633 g/mol. The molecule has 1 fully saturated rings. The van der Waals surface area contributed by atoms with Crippen molar-refractivity contribution in [1.29, 1.82) is 5.26 Å². The summed E-state index contributed by atoms with van der Waals surface area (Å²) in [5.74, 6) is 3.07. The first-order chi connectivity index (χ1) is 24.8. The molecule has 6 nitrogen and oxygen atoms in total. The Hall–Kier alpha value is -5.56. The summed E-state index contributed by atoms with van der Waals surface area (Å²) in [5, 5.41) is 13.2. The Bertz CT molecular complexity index is 2120. The van der Waals surface area contributed by atoms with Gasteiger partial charge in [0.1, 0.15) is 17.2 Å². The maximum absolute atomic E-state index is 9.18. The monoisotopic (exact) mass is 676 g/mol. The highest BCUT2D eigenvalue weighted by Crippen LogP contribution is 2.45. The number of nitrogens with zero attached hydrogens (tertiary/aromatic N) is 2. The van der Waals surface area contributed by atoms with E-state index in [1.54, 1.807) is 0 Å². The first-order valence-corrected chi connectivity index (χ1v) is 17.5. The maximum atomic E-state index is 9.18. The third-order valence-electron chi connectivity index (χ3n) is 10.4. The van der Waals surface area contributed by atoms with E-state index in [1.165, 1.54) is 5.56 Å². The Balaban J connectivity index is 1.07. The van der Waals surface area contributed by atoms with E-state index in [4.69, 9.17) is 25.5 Å². The summed E-state index contributed by atoms with van der Waals surface area (Å²) in [6.07, 6.45) is 8.64. The molecule has 1 aliphatic rings. The standard InChI is InChI=1S/C45H44N2O4/c1-6-8-36-23-38(15-20-43(36)50-29-48-41-18-13-32-22-31(28-46)10-11-34(32)26-41)45(3,4)39-16-21-44(37(24-39)9-7-2)51-30-49-42-19-14-33-25-40(47-5)17-12-35(33)27-42/h6-7,10-14,16-19,21-22,24-27,36,38,43H,1-2,8-9,15,20,23,29-30H2,3-4H3. The summed E-state index contributed by atoms with van der Waals surface area (Å²) < 4.78 is 24.5. The van der Waals surface area contributed by atoms with Crippen LogP contribution in [0.5, 0.6) is 17.2 Å². The molecule has 0 radical (unpaired) electrons. The molecule has 5 aromatic carbocycles. The third kappa shape index (κ3) is 8.26. The van der Waals surface area contributed by atoms with Gasteiger partial charge in [0.2, 0.25) is 6.79 Å². The smallest absolute Gasteiger partial charge is 0.230 e. The zero-order chi connectivity index (χ0) is 35.8.